The number of amides is 1. The number of hydrogen-bond donors (Lipinski definition) is 1. The van der Waals surface area contributed by atoms with Gasteiger partial charge in [-0.05, 0) is 47.3 Å². The van der Waals surface area contributed by atoms with Gasteiger partial charge in [0, 0.05) is 48.8 Å². The maximum absolute atomic E-state index is 12.5. The van der Waals surface area contributed by atoms with E-state index in [0.717, 1.165) is 55.7 Å². The highest BCUT2D eigenvalue weighted by atomic mass is 79.9. The Morgan fingerprint density at radius 1 is 1.24 bits per heavy atom. The van der Waals surface area contributed by atoms with Crippen LogP contribution in [-0.4, -0.2) is 48.0 Å². The van der Waals surface area contributed by atoms with Crippen LogP contribution in [0.3, 0.4) is 0 Å². The fourth-order valence-electron chi connectivity index (χ4n) is 3.21. The molecule has 1 aromatic heterocycles. The van der Waals surface area contributed by atoms with Crippen molar-refractivity contribution in [3.05, 3.63) is 22.8 Å². The molecule has 1 saturated heterocycles. The van der Waals surface area contributed by atoms with Gasteiger partial charge in [0.2, 0.25) is 5.91 Å². The number of anilines is 1. The molecular weight excluding hydrogens is 332 g/mol. The summed E-state index contributed by atoms with van der Waals surface area (Å²) in [7, 11) is 0. The van der Waals surface area contributed by atoms with Gasteiger partial charge >= 0.3 is 0 Å². The third kappa shape index (κ3) is 3.37. The maximum atomic E-state index is 12.5. The summed E-state index contributed by atoms with van der Waals surface area (Å²) in [6, 6.07) is 4.23. The number of nitrogens with zero attached hydrogens (tertiary/aromatic N) is 3. The second-order valence-electron chi connectivity index (χ2n) is 5.92. The summed E-state index contributed by atoms with van der Waals surface area (Å²) in [5.74, 6) is 1.43. The van der Waals surface area contributed by atoms with Crippen molar-refractivity contribution in [1.29, 1.82) is 0 Å². The van der Waals surface area contributed by atoms with Crippen LogP contribution in [-0.2, 0) is 4.79 Å². The van der Waals surface area contributed by atoms with Crippen molar-refractivity contribution in [2.45, 2.75) is 25.3 Å². The lowest BCUT2D eigenvalue weighted by atomic mass is 10.1. The number of nitrogens with two attached hydrogens (primary N) is 1. The van der Waals surface area contributed by atoms with Crippen LogP contribution in [0.2, 0.25) is 0 Å². The molecule has 0 unspecified atom stereocenters. The summed E-state index contributed by atoms with van der Waals surface area (Å²) < 4.78 is 0.984. The number of hydrogen-bond acceptors (Lipinski definition) is 4. The van der Waals surface area contributed by atoms with Crippen LogP contribution >= 0.6 is 15.9 Å². The van der Waals surface area contributed by atoms with Crippen LogP contribution in [0.4, 0.5) is 5.82 Å². The molecule has 0 radical (unpaired) electrons. The summed E-state index contributed by atoms with van der Waals surface area (Å²) in [5.41, 5.74) is 5.91. The van der Waals surface area contributed by atoms with Gasteiger partial charge in [-0.3, -0.25) is 4.79 Å². The molecule has 2 fully saturated rings. The zero-order valence-electron chi connectivity index (χ0n) is 12.0. The minimum Gasteiger partial charge on any atom is -0.353 e. The van der Waals surface area contributed by atoms with Crippen molar-refractivity contribution in [2.75, 3.05) is 31.1 Å². The van der Waals surface area contributed by atoms with Crippen molar-refractivity contribution in [2.24, 2.45) is 11.7 Å². The Morgan fingerprint density at radius 3 is 2.57 bits per heavy atom. The molecule has 0 aromatic carbocycles. The van der Waals surface area contributed by atoms with Gasteiger partial charge in [-0.15, -0.1) is 0 Å². The minimum absolute atomic E-state index is 0.150. The molecule has 6 heteroatoms. The molecule has 3 rings (SSSR count). The number of carbonyl (C=O) groups excluding carboxylic acids is 1. The van der Waals surface area contributed by atoms with E-state index in [1.54, 1.807) is 0 Å². The Labute approximate surface area is 133 Å². The zero-order valence-corrected chi connectivity index (χ0v) is 13.6. The molecule has 2 heterocycles. The molecule has 0 spiro atoms. The first-order valence-electron chi connectivity index (χ1n) is 7.54. The highest BCUT2D eigenvalue weighted by Crippen LogP contribution is 2.26. The lowest BCUT2D eigenvalue weighted by Gasteiger charge is -2.36. The van der Waals surface area contributed by atoms with Crippen LogP contribution in [0.5, 0.6) is 0 Å². The molecular formula is C15H21BrN4O. The largest absolute Gasteiger partial charge is 0.353 e. The lowest BCUT2D eigenvalue weighted by molar-refractivity contribution is -0.135. The molecule has 1 aromatic rings. The summed E-state index contributed by atoms with van der Waals surface area (Å²) in [5, 5.41) is 0. The van der Waals surface area contributed by atoms with Gasteiger partial charge < -0.3 is 15.5 Å². The molecule has 5 nitrogen and oxygen atoms in total. The molecule has 1 aliphatic carbocycles. The van der Waals surface area contributed by atoms with E-state index < -0.39 is 0 Å². The van der Waals surface area contributed by atoms with Crippen LogP contribution in [0.25, 0.3) is 0 Å². The van der Waals surface area contributed by atoms with Gasteiger partial charge in [-0.25, -0.2) is 4.98 Å². The van der Waals surface area contributed by atoms with Crippen molar-refractivity contribution >= 4 is 27.7 Å². The van der Waals surface area contributed by atoms with Crippen LogP contribution in [0, 0.1) is 5.92 Å². The van der Waals surface area contributed by atoms with E-state index in [1.807, 2.05) is 23.2 Å². The second-order valence-corrected chi connectivity index (χ2v) is 6.83. The lowest BCUT2D eigenvalue weighted by Crippen LogP contribution is -2.50. The van der Waals surface area contributed by atoms with E-state index in [2.05, 4.69) is 25.8 Å². The average molecular weight is 353 g/mol. The number of aromatic nitrogens is 1. The molecule has 1 saturated carbocycles. The highest BCUT2D eigenvalue weighted by Gasteiger charge is 2.32. The van der Waals surface area contributed by atoms with E-state index in [0.29, 0.717) is 5.91 Å². The van der Waals surface area contributed by atoms with E-state index >= 15 is 0 Å². The molecule has 1 amide bonds. The standard InChI is InChI=1S/C15H21BrN4O/c16-12-2-4-14(18-10-12)19-5-7-20(8-6-19)15(21)11-1-3-13(17)9-11/h2,4,10-11,13H,1,3,5-9,17H2/t11-,13-/m1/s1. The Balaban J connectivity index is 1.55. The number of carbonyl (C=O) groups is 1. The van der Waals surface area contributed by atoms with Gasteiger partial charge in [0.15, 0.2) is 0 Å². The molecule has 2 atom stereocenters. The normalized spacial score (nSPS) is 26.2. The summed E-state index contributed by atoms with van der Waals surface area (Å²) in [6.07, 6.45) is 4.60. The van der Waals surface area contributed by atoms with Gasteiger partial charge in [0.25, 0.3) is 0 Å². The van der Waals surface area contributed by atoms with Gasteiger partial charge in [-0.2, -0.15) is 0 Å². The van der Waals surface area contributed by atoms with E-state index in [9.17, 15) is 4.79 Å². The fourth-order valence-corrected chi connectivity index (χ4v) is 3.44. The number of rotatable bonds is 2. The first-order valence-corrected chi connectivity index (χ1v) is 8.33. The average Bonchev–Trinajstić information content (AvgIpc) is 2.94. The third-order valence-electron chi connectivity index (χ3n) is 4.45. The van der Waals surface area contributed by atoms with Crippen molar-refractivity contribution < 1.29 is 4.79 Å². The van der Waals surface area contributed by atoms with Gasteiger partial charge in [-0.1, -0.05) is 0 Å². The molecule has 114 valence electrons. The minimum atomic E-state index is 0.150. The molecule has 2 aliphatic rings. The zero-order chi connectivity index (χ0) is 14.8. The topological polar surface area (TPSA) is 62.5 Å². The Bertz CT molecular complexity index is 499. The smallest absolute Gasteiger partial charge is 0.225 e. The number of pyridine rings is 1. The fraction of sp³-hybridized carbons (Fsp3) is 0.600. The quantitative estimate of drug-likeness (QED) is 0.878. The monoisotopic (exact) mass is 352 g/mol. The van der Waals surface area contributed by atoms with Crippen LogP contribution in [0.1, 0.15) is 19.3 Å². The summed E-state index contributed by atoms with van der Waals surface area (Å²) >= 11 is 3.40. The Morgan fingerprint density at radius 2 is 2.00 bits per heavy atom. The number of halogens is 1. The first-order chi connectivity index (χ1) is 10.1. The molecule has 21 heavy (non-hydrogen) atoms. The van der Waals surface area contributed by atoms with E-state index in [-0.39, 0.29) is 12.0 Å². The Hall–Kier alpha value is -1.14. The van der Waals surface area contributed by atoms with Crippen molar-refractivity contribution in [3.8, 4) is 0 Å². The summed E-state index contributed by atoms with van der Waals surface area (Å²) in [6.45, 7) is 3.25. The molecule has 0 bridgehead atoms. The Kier molecular flexibility index (Phi) is 4.45. The van der Waals surface area contributed by atoms with Crippen LogP contribution in [0.15, 0.2) is 22.8 Å². The van der Waals surface area contributed by atoms with Gasteiger partial charge in [0.1, 0.15) is 5.82 Å². The molecule has 2 N–H and O–H groups in total. The van der Waals surface area contributed by atoms with E-state index in [1.165, 1.54) is 0 Å². The SMILES string of the molecule is N[C@@H]1CC[C@@H](C(=O)N2CCN(c3ccc(Br)cn3)CC2)C1. The first kappa shape index (κ1) is 14.8. The second kappa shape index (κ2) is 6.32. The summed E-state index contributed by atoms with van der Waals surface area (Å²) in [4.78, 5) is 21.1. The predicted molar refractivity (Wildman–Crippen MR) is 86.0 cm³/mol. The third-order valence-corrected chi connectivity index (χ3v) is 4.92. The number of piperazine rings is 1. The molecule has 1 aliphatic heterocycles. The van der Waals surface area contributed by atoms with Crippen molar-refractivity contribution in [3.63, 3.8) is 0 Å². The predicted octanol–water partition coefficient (Wildman–Crippen LogP) is 1.62. The van der Waals surface area contributed by atoms with Gasteiger partial charge in [0.05, 0.1) is 0 Å². The van der Waals surface area contributed by atoms with Crippen LogP contribution < -0.4 is 10.6 Å². The maximum Gasteiger partial charge on any atom is 0.225 e. The highest BCUT2D eigenvalue weighted by molar-refractivity contribution is 9.10. The van der Waals surface area contributed by atoms with Crippen molar-refractivity contribution in [1.82, 2.24) is 9.88 Å². The van der Waals surface area contributed by atoms with E-state index in [4.69, 9.17) is 5.73 Å².